The standard InChI is InChI=1S/C20H18N4O2/c21-19(25)14-8-10-15(11-9-14)22-20(26)18-12-17(13-6-7-13)23-24(18)16-4-2-1-3-5-16/h1-5,8-13H,6-7H2,(H2,21,25)(H,22,26). The number of nitrogens with two attached hydrogens (primary N) is 1. The number of aromatic nitrogens is 2. The van der Waals surface area contributed by atoms with Crippen molar-refractivity contribution in [3.05, 3.63) is 77.6 Å². The van der Waals surface area contributed by atoms with Crippen molar-refractivity contribution >= 4 is 17.5 Å². The highest BCUT2D eigenvalue weighted by Crippen LogP contribution is 2.39. The summed E-state index contributed by atoms with van der Waals surface area (Å²) in [7, 11) is 0. The fourth-order valence-corrected chi connectivity index (χ4v) is 2.82. The molecule has 2 amide bonds. The van der Waals surface area contributed by atoms with Gasteiger partial charge in [0.2, 0.25) is 5.91 Å². The molecular formula is C20H18N4O2. The second kappa shape index (κ2) is 6.48. The van der Waals surface area contributed by atoms with Crippen LogP contribution in [-0.4, -0.2) is 21.6 Å². The molecule has 3 aromatic rings. The molecule has 6 nitrogen and oxygen atoms in total. The van der Waals surface area contributed by atoms with E-state index in [-0.39, 0.29) is 5.91 Å². The van der Waals surface area contributed by atoms with Gasteiger partial charge in [-0.3, -0.25) is 9.59 Å². The summed E-state index contributed by atoms with van der Waals surface area (Å²) in [6, 6.07) is 17.9. The van der Waals surface area contributed by atoms with E-state index in [2.05, 4.69) is 10.4 Å². The number of anilines is 1. The van der Waals surface area contributed by atoms with Crippen molar-refractivity contribution in [3.8, 4) is 5.69 Å². The van der Waals surface area contributed by atoms with Crippen molar-refractivity contribution in [2.75, 3.05) is 5.32 Å². The molecule has 3 N–H and O–H groups in total. The van der Waals surface area contributed by atoms with Gasteiger partial charge in [-0.25, -0.2) is 4.68 Å². The Morgan fingerprint density at radius 3 is 2.35 bits per heavy atom. The highest BCUT2D eigenvalue weighted by atomic mass is 16.2. The number of hydrogen-bond acceptors (Lipinski definition) is 3. The lowest BCUT2D eigenvalue weighted by Gasteiger charge is -2.08. The molecule has 130 valence electrons. The Hall–Kier alpha value is -3.41. The van der Waals surface area contributed by atoms with Crippen LogP contribution < -0.4 is 11.1 Å². The van der Waals surface area contributed by atoms with E-state index in [4.69, 9.17) is 5.73 Å². The largest absolute Gasteiger partial charge is 0.366 e. The molecule has 26 heavy (non-hydrogen) atoms. The maximum atomic E-state index is 12.8. The van der Waals surface area contributed by atoms with E-state index < -0.39 is 5.91 Å². The van der Waals surface area contributed by atoms with Crippen LogP contribution in [0, 0.1) is 0 Å². The van der Waals surface area contributed by atoms with Gasteiger partial charge in [0.15, 0.2) is 0 Å². The first-order valence-corrected chi connectivity index (χ1v) is 8.48. The van der Waals surface area contributed by atoms with Crippen LogP contribution in [0.15, 0.2) is 60.7 Å². The molecule has 1 aliphatic rings. The predicted octanol–water partition coefficient (Wildman–Crippen LogP) is 3.10. The van der Waals surface area contributed by atoms with Gasteiger partial charge in [0, 0.05) is 17.2 Å². The molecule has 0 saturated heterocycles. The van der Waals surface area contributed by atoms with E-state index in [0.717, 1.165) is 24.2 Å². The summed E-state index contributed by atoms with van der Waals surface area (Å²) < 4.78 is 1.68. The molecule has 1 aliphatic carbocycles. The minimum absolute atomic E-state index is 0.250. The number of primary amides is 1. The zero-order valence-electron chi connectivity index (χ0n) is 14.1. The molecule has 0 atom stereocenters. The van der Waals surface area contributed by atoms with Crippen molar-refractivity contribution in [1.82, 2.24) is 9.78 Å². The third-order valence-electron chi connectivity index (χ3n) is 4.38. The zero-order chi connectivity index (χ0) is 18.1. The summed E-state index contributed by atoms with van der Waals surface area (Å²) in [5.74, 6) is -0.305. The van der Waals surface area contributed by atoms with Gasteiger partial charge in [-0.2, -0.15) is 5.10 Å². The number of nitrogens with one attached hydrogen (secondary N) is 1. The van der Waals surface area contributed by atoms with Crippen LogP contribution in [0.1, 0.15) is 45.3 Å². The average Bonchev–Trinajstić information content (AvgIpc) is 3.41. The van der Waals surface area contributed by atoms with E-state index in [1.807, 2.05) is 36.4 Å². The van der Waals surface area contributed by atoms with Crippen LogP contribution in [0.5, 0.6) is 0 Å². The molecule has 1 aromatic heterocycles. The van der Waals surface area contributed by atoms with Crippen LogP contribution in [0.3, 0.4) is 0 Å². The Bertz CT molecular complexity index is 957. The van der Waals surface area contributed by atoms with Gasteiger partial charge in [0.1, 0.15) is 5.69 Å². The molecule has 4 rings (SSSR count). The summed E-state index contributed by atoms with van der Waals surface area (Å²) in [6.45, 7) is 0. The Labute approximate surface area is 150 Å². The average molecular weight is 346 g/mol. The first-order valence-electron chi connectivity index (χ1n) is 8.48. The van der Waals surface area contributed by atoms with E-state index in [1.165, 1.54) is 0 Å². The second-order valence-electron chi connectivity index (χ2n) is 6.37. The second-order valence-corrected chi connectivity index (χ2v) is 6.37. The number of rotatable bonds is 5. The number of carbonyl (C=O) groups is 2. The maximum Gasteiger partial charge on any atom is 0.274 e. The highest BCUT2D eigenvalue weighted by Gasteiger charge is 2.29. The van der Waals surface area contributed by atoms with E-state index in [9.17, 15) is 9.59 Å². The molecule has 0 aliphatic heterocycles. The summed E-state index contributed by atoms with van der Waals surface area (Å²) in [6.07, 6.45) is 2.23. The lowest BCUT2D eigenvalue weighted by atomic mass is 10.2. The zero-order valence-corrected chi connectivity index (χ0v) is 14.1. The monoisotopic (exact) mass is 346 g/mol. The van der Waals surface area contributed by atoms with Gasteiger partial charge in [0.25, 0.3) is 5.91 Å². The fraction of sp³-hybridized carbons (Fsp3) is 0.150. The molecule has 2 aromatic carbocycles. The Morgan fingerprint density at radius 1 is 1.04 bits per heavy atom. The first kappa shape index (κ1) is 16.1. The number of benzene rings is 2. The van der Waals surface area contributed by atoms with Crippen LogP contribution in [0.25, 0.3) is 5.69 Å². The first-order chi connectivity index (χ1) is 12.6. The number of hydrogen-bond donors (Lipinski definition) is 2. The molecule has 0 radical (unpaired) electrons. The van der Waals surface area contributed by atoms with Gasteiger partial charge in [-0.1, -0.05) is 18.2 Å². The van der Waals surface area contributed by atoms with Gasteiger partial charge in [-0.05, 0) is 55.3 Å². The molecule has 0 unspecified atom stereocenters. The van der Waals surface area contributed by atoms with Crippen LogP contribution in [0.2, 0.25) is 0 Å². The molecule has 6 heteroatoms. The van der Waals surface area contributed by atoms with Crippen molar-refractivity contribution in [2.45, 2.75) is 18.8 Å². The molecule has 0 spiro atoms. The van der Waals surface area contributed by atoms with Crippen LogP contribution >= 0.6 is 0 Å². The third kappa shape index (κ3) is 3.21. The summed E-state index contributed by atoms with van der Waals surface area (Å²) in [5, 5.41) is 7.49. The smallest absolute Gasteiger partial charge is 0.274 e. The highest BCUT2D eigenvalue weighted by molar-refractivity contribution is 6.04. The minimum atomic E-state index is -0.501. The van der Waals surface area contributed by atoms with Crippen LogP contribution in [0.4, 0.5) is 5.69 Å². The van der Waals surface area contributed by atoms with Gasteiger partial charge < -0.3 is 11.1 Å². The third-order valence-corrected chi connectivity index (χ3v) is 4.38. The maximum absolute atomic E-state index is 12.8. The lowest BCUT2D eigenvalue weighted by Crippen LogP contribution is -2.17. The van der Waals surface area contributed by atoms with E-state index >= 15 is 0 Å². The quantitative estimate of drug-likeness (QED) is 0.744. The van der Waals surface area contributed by atoms with Gasteiger partial charge in [-0.15, -0.1) is 0 Å². The molecular weight excluding hydrogens is 328 g/mol. The number of nitrogens with zero attached hydrogens (tertiary/aromatic N) is 2. The van der Waals surface area contributed by atoms with Gasteiger partial charge >= 0.3 is 0 Å². The Balaban J connectivity index is 1.63. The minimum Gasteiger partial charge on any atom is -0.366 e. The van der Waals surface area contributed by atoms with Crippen molar-refractivity contribution in [3.63, 3.8) is 0 Å². The number of para-hydroxylation sites is 1. The van der Waals surface area contributed by atoms with Crippen molar-refractivity contribution < 1.29 is 9.59 Å². The molecule has 1 heterocycles. The molecule has 1 saturated carbocycles. The lowest BCUT2D eigenvalue weighted by molar-refractivity contribution is 0.0997. The molecule has 1 fully saturated rings. The van der Waals surface area contributed by atoms with Gasteiger partial charge in [0.05, 0.1) is 11.4 Å². The fourth-order valence-electron chi connectivity index (χ4n) is 2.82. The number of amides is 2. The Morgan fingerprint density at radius 2 is 1.73 bits per heavy atom. The topological polar surface area (TPSA) is 90.0 Å². The van der Waals surface area contributed by atoms with E-state index in [0.29, 0.717) is 22.9 Å². The SMILES string of the molecule is NC(=O)c1ccc(NC(=O)c2cc(C3CC3)nn2-c2ccccc2)cc1. The Kier molecular flexibility index (Phi) is 4.01. The summed E-state index contributed by atoms with van der Waals surface area (Å²) in [5.41, 5.74) is 8.50. The predicted molar refractivity (Wildman–Crippen MR) is 98.5 cm³/mol. The van der Waals surface area contributed by atoms with Crippen LogP contribution in [-0.2, 0) is 0 Å². The van der Waals surface area contributed by atoms with Crippen molar-refractivity contribution in [1.29, 1.82) is 0 Å². The number of carbonyl (C=O) groups excluding carboxylic acids is 2. The molecule has 0 bridgehead atoms. The normalized spacial score (nSPS) is 13.4. The van der Waals surface area contributed by atoms with Crippen molar-refractivity contribution in [2.24, 2.45) is 5.73 Å². The summed E-state index contributed by atoms with van der Waals surface area (Å²) in [4.78, 5) is 24.0. The summed E-state index contributed by atoms with van der Waals surface area (Å²) >= 11 is 0. The van der Waals surface area contributed by atoms with E-state index in [1.54, 1.807) is 28.9 Å².